The molecule has 162 valence electrons. The van der Waals surface area contributed by atoms with Gasteiger partial charge in [0, 0.05) is 51.1 Å². The van der Waals surface area contributed by atoms with Crippen LogP contribution >= 0.6 is 0 Å². The van der Waals surface area contributed by atoms with Crippen LogP contribution in [0.3, 0.4) is 0 Å². The van der Waals surface area contributed by atoms with Gasteiger partial charge in [0.05, 0.1) is 23.5 Å². The Labute approximate surface area is 176 Å². The lowest BCUT2D eigenvalue weighted by Crippen LogP contribution is -2.50. The highest BCUT2D eigenvalue weighted by atomic mass is 16.5. The molecule has 0 saturated carbocycles. The predicted octanol–water partition coefficient (Wildman–Crippen LogP) is 1.94. The van der Waals surface area contributed by atoms with Gasteiger partial charge in [-0.25, -0.2) is 9.97 Å². The van der Waals surface area contributed by atoms with Crippen LogP contribution in [0.25, 0.3) is 11.3 Å². The molecule has 1 amide bonds. The van der Waals surface area contributed by atoms with Gasteiger partial charge in [-0.3, -0.25) is 9.69 Å². The summed E-state index contributed by atoms with van der Waals surface area (Å²) in [5.74, 6) is 1.44. The summed E-state index contributed by atoms with van der Waals surface area (Å²) in [5, 5.41) is 6.95. The van der Waals surface area contributed by atoms with E-state index in [1.807, 2.05) is 33.0 Å². The first-order chi connectivity index (χ1) is 14.5. The quantitative estimate of drug-likeness (QED) is 0.766. The number of piperazine rings is 1. The van der Waals surface area contributed by atoms with Crippen LogP contribution in [-0.4, -0.2) is 71.3 Å². The molecule has 0 radical (unpaired) electrons. The highest BCUT2D eigenvalue weighted by Crippen LogP contribution is 2.35. The van der Waals surface area contributed by atoms with Crippen molar-refractivity contribution in [3.63, 3.8) is 0 Å². The van der Waals surface area contributed by atoms with Crippen molar-refractivity contribution >= 4 is 11.9 Å². The molecule has 2 saturated heterocycles. The van der Waals surface area contributed by atoms with Crippen LogP contribution in [0.15, 0.2) is 16.8 Å². The number of nitrogens with zero attached hydrogens (tertiary/aromatic N) is 5. The van der Waals surface area contributed by atoms with E-state index in [0.717, 1.165) is 62.6 Å². The highest BCUT2D eigenvalue weighted by molar-refractivity contribution is 5.78. The van der Waals surface area contributed by atoms with E-state index in [9.17, 15) is 4.79 Å². The number of aryl methyl sites for hydroxylation is 1. The molecule has 2 fully saturated rings. The third kappa shape index (κ3) is 4.79. The standard InChI is InChI=1S/C21H30N6O3/c1-14(2)23-19(28)13-26-6-8-27(9-7-26)21-22-12-16(18-11-15(3)25-30-18)20(24-21)17-5-4-10-29-17/h11-12,14,17H,4-10,13H2,1-3H3,(H,23,28). The van der Waals surface area contributed by atoms with E-state index in [2.05, 4.69) is 25.3 Å². The Morgan fingerprint density at radius 3 is 2.73 bits per heavy atom. The number of nitrogens with one attached hydrogen (secondary N) is 1. The molecular weight excluding hydrogens is 384 g/mol. The summed E-state index contributed by atoms with van der Waals surface area (Å²) in [7, 11) is 0. The summed E-state index contributed by atoms with van der Waals surface area (Å²) < 4.78 is 11.4. The van der Waals surface area contributed by atoms with E-state index in [1.54, 1.807) is 0 Å². The highest BCUT2D eigenvalue weighted by Gasteiger charge is 2.27. The minimum atomic E-state index is -0.0480. The molecule has 9 heteroatoms. The van der Waals surface area contributed by atoms with Gasteiger partial charge >= 0.3 is 0 Å². The third-order valence-electron chi connectivity index (χ3n) is 5.41. The van der Waals surface area contributed by atoms with Gasteiger partial charge in [0.2, 0.25) is 11.9 Å². The second-order valence-corrected chi connectivity index (χ2v) is 8.29. The van der Waals surface area contributed by atoms with E-state index < -0.39 is 0 Å². The molecule has 2 aromatic rings. The zero-order chi connectivity index (χ0) is 21.1. The van der Waals surface area contributed by atoms with Crippen molar-refractivity contribution in [3.8, 4) is 11.3 Å². The fourth-order valence-corrected chi connectivity index (χ4v) is 3.93. The smallest absolute Gasteiger partial charge is 0.234 e. The fraction of sp³-hybridized carbons (Fsp3) is 0.619. The Balaban J connectivity index is 1.47. The zero-order valence-electron chi connectivity index (χ0n) is 17.9. The van der Waals surface area contributed by atoms with Gasteiger partial charge in [-0.1, -0.05) is 5.16 Å². The number of anilines is 1. The Morgan fingerprint density at radius 2 is 2.10 bits per heavy atom. The summed E-state index contributed by atoms with van der Waals surface area (Å²) in [6, 6.07) is 2.06. The van der Waals surface area contributed by atoms with Crippen LogP contribution in [0.4, 0.5) is 5.95 Å². The number of carbonyl (C=O) groups excluding carboxylic acids is 1. The van der Waals surface area contributed by atoms with Crippen molar-refractivity contribution in [2.45, 2.75) is 45.8 Å². The number of rotatable bonds is 6. The SMILES string of the molecule is Cc1cc(-c2cnc(N3CCN(CC(=O)NC(C)C)CC3)nc2C2CCCO2)on1. The largest absolute Gasteiger partial charge is 0.372 e. The minimum absolute atomic E-state index is 0.0480. The Kier molecular flexibility index (Phi) is 6.29. The second-order valence-electron chi connectivity index (χ2n) is 8.29. The lowest BCUT2D eigenvalue weighted by atomic mass is 10.1. The Hall–Kier alpha value is -2.52. The maximum absolute atomic E-state index is 12.0. The average Bonchev–Trinajstić information content (AvgIpc) is 3.39. The molecular formula is C21H30N6O3. The summed E-state index contributed by atoms with van der Waals surface area (Å²) in [6.07, 6.45) is 3.74. The number of hydrogen-bond donors (Lipinski definition) is 1. The number of aromatic nitrogens is 3. The van der Waals surface area contributed by atoms with Crippen LogP contribution in [0.5, 0.6) is 0 Å². The van der Waals surface area contributed by atoms with Gasteiger partial charge in [-0.05, 0) is 33.6 Å². The Bertz CT molecular complexity index is 869. The summed E-state index contributed by atoms with van der Waals surface area (Å²) >= 11 is 0. The molecule has 4 heterocycles. The molecule has 1 N–H and O–H groups in total. The molecule has 2 aliphatic heterocycles. The van der Waals surface area contributed by atoms with E-state index in [1.165, 1.54) is 0 Å². The number of carbonyl (C=O) groups is 1. The van der Waals surface area contributed by atoms with E-state index in [4.69, 9.17) is 14.2 Å². The normalized spacial score (nSPS) is 20.1. The summed E-state index contributed by atoms with van der Waals surface area (Å²) in [5.41, 5.74) is 2.53. The molecule has 2 aliphatic rings. The molecule has 0 bridgehead atoms. The van der Waals surface area contributed by atoms with Crippen LogP contribution in [0, 0.1) is 6.92 Å². The molecule has 4 rings (SSSR count). The van der Waals surface area contributed by atoms with Crippen molar-refractivity contribution < 1.29 is 14.1 Å². The summed E-state index contributed by atoms with van der Waals surface area (Å²) in [6.45, 7) is 10.2. The van der Waals surface area contributed by atoms with E-state index >= 15 is 0 Å². The molecule has 1 unspecified atom stereocenters. The van der Waals surface area contributed by atoms with Crippen molar-refractivity contribution in [2.75, 3.05) is 44.2 Å². The van der Waals surface area contributed by atoms with Gasteiger partial charge in [0.25, 0.3) is 0 Å². The number of amides is 1. The summed E-state index contributed by atoms with van der Waals surface area (Å²) in [4.78, 5) is 25.9. The van der Waals surface area contributed by atoms with Crippen LogP contribution in [0.1, 0.15) is 44.2 Å². The maximum atomic E-state index is 12.0. The van der Waals surface area contributed by atoms with Gasteiger partial charge < -0.3 is 19.5 Å². The first-order valence-electron chi connectivity index (χ1n) is 10.7. The lowest BCUT2D eigenvalue weighted by molar-refractivity contribution is -0.122. The molecule has 0 spiro atoms. The van der Waals surface area contributed by atoms with Crippen molar-refractivity contribution in [2.24, 2.45) is 0 Å². The molecule has 0 aliphatic carbocycles. The topological polar surface area (TPSA) is 96.6 Å². The lowest BCUT2D eigenvalue weighted by Gasteiger charge is -2.34. The van der Waals surface area contributed by atoms with Crippen molar-refractivity contribution in [3.05, 3.63) is 23.7 Å². The van der Waals surface area contributed by atoms with E-state index in [-0.39, 0.29) is 18.1 Å². The molecule has 1 atom stereocenters. The maximum Gasteiger partial charge on any atom is 0.234 e. The predicted molar refractivity (Wildman–Crippen MR) is 112 cm³/mol. The third-order valence-corrected chi connectivity index (χ3v) is 5.41. The monoisotopic (exact) mass is 414 g/mol. The number of hydrogen-bond acceptors (Lipinski definition) is 8. The van der Waals surface area contributed by atoms with E-state index in [0.29, 0.717) is 18.3 Å². The van der Waals surface area contributed by atoms with Crippen LogP contribution in [-0.2, 0) is 9.53 Å². The molecule has 9 nitrogen and oxygen atoms in total. The molecule has 2 aromatic heterocycles. The van der Waals surface area contributed by atoms with Gasteiger partial charge in [0.15, 0.2) is 5.76 Å². The molecule has 30 heavy (non-hydrogen) atoms. The average molecular weight is 415 g/mol. The van der Waals surface area contributed by atoms with Crippen LogP contribution in [0.2, 0.25) is 0 Å². The van der Waals surface area contributed by atoms with Crippen molar-refractivity contribution in [1.82, 2.24) is 25.3 Å². The first kappa shape index (κ1) is 20.7. The van der Waals surface area contributed by atoms with Crippen molar-refractivity contribution in [1.29, 1.82) is 0 Å². The van der Waals surface area contributed by atoms with Gasteiger partial charge in [-0.2, -0.15) is 0 Å². The second kappa shape index (κ2) is 9.09. The van der Waals surface area contributed by atoms with Gasteiger partial charge in [-0.15, -0.1) is 0 Å². The first-order valence-corrected chi connectivity index (χ1v) is 10.7. The number of ether oxygens (including phenoxy) is 1. The minimum Gasteiger partial charge on any atom is -0.372 e. The zero-order valence-corrected chi connectivity index (χ0v) is 17.9. The van der Waals surface area contributed by atoms with Gasteiger partial charge in [0.1, 0.15) is 6.10 Å². The van der Waals surface area contributed by atoms with Crippen LogP contribution < -0.4 is 10.2 Å². The fourth-order valence-electron chi connectivity index (χ4n) is 3.93. The Morgan fingerprint density at radius 1 is 1.30 bits per heavy atom. The molecule has 0 aromatic carbocycles.